The van der Waals surface area contributed by atoms with Gasteiger partial charge in [0.15, 0.2) is 0 Å². The summed E-state index contributed by atoms with van der Waals surface area (Å²) in [5, 5.41) is 9.30. The minimum Gasteiger partial charge on any atom is -0.480 e. The molecule has 6 heteroatoms. The maximum atomic E-state index is 12.6. The van der Waals surface area contributed by atoms with Crippen molar-refractivity contribution in [3.8, 4) is 0 Å². The Morgan fingerprint density at radius 1 is 1.29 bits per heavy atom. The van der Waals surface area contributed by atoms with E-state index in [0.717, 1.165) is 11.1 Å². The van der Waals surface area contributed by atoms with E-state index in [0.29, 0.717) is 26.1 Å². The van der Waals surface area contributed by atoms with Crippen molar-refractivity contribution in [2.45, 2.75) is 38.8 Å². The van der Waals surface area contributed by atoms with Gasteiger partial charge in [-0.3, -0.25) is 9.59 Å². The molecule has 6 nitrogen and oxygen atoms in total. The van der Waals surface area contributed by atoms with Gasteiger partial charge in [-0.1, -0.05) is 29.8 Å². The van der Waals surface area contributed by atoms with Crippen LogP contribution in [0.2, 0.25) is 0 Å². The standard InChI is InChI=1S/C18H22N2O4/c1-12-3-5-13(6-4-12)10-19-11-14(9-15(19)21)16(22)20-8-7-18(20,2)17(23)24/h3-6,14H,7-11H2,1-2H3,(H,23,24). The maximum Gasteiger partial charge on any atom is 0.329 e. The molecule has 0 spiro atoms. The van der Waals surface area contributed by atoms with Crippen molar-refractivity contribution in [3.63, 3.8) is 0 Å². The Hall–Kier alpha value is -2.37. The second-order valence-electron chi connectivity index (χ2n) is 6.98. The minimum absolute atomic E-state index is 0.0496. The van der Waals surface area contributed by atoms with E-state index in [2.05, 4.69) is 0 Å². The topological polar surface area (TPSA) is 77.9 Å². The van der Waals surface area contributed by atoms with Gasteiger partial charge in [0.1, 0.15) is 5.54 Å². The van der Waals surface area contributed by atoms with E-state index in [-0.39, 0.29) is 18.2 Å². The van der Waals surface area contributed by atoms with Crippen LogP contribution in [0.5, 0.6) is 0 Å². The Morgan fingerprint density at radius 2 is 1.96 bits per heavy atom. The van der Waals surface area contributed by atoms with Gasteiger partial charge < -0.3 is 14.9 Å². The largest absolute Gasteiger partial charge is 0.480 e. The molecule has 0 aliphatic carbocycles. The smallest absolute Gasteiger partial charge is 0.329 e. The van der Waals surface area contributed by atoms with Gasteiger partial charge >= 0.3 is 5.97 Å². The summed E-state index contributed by atoms with van der Waals surface area (Å²) >= 11 is 0. The van der Waals surface area contributed by atoms with Crippen molar-refractivity contribution in [1.82, 2.24) is 9.80 Å². The molecule has 2 heterocycles. The molecule has 0 saturated carbocycles. The van der Waals surface area contributed by atoms with Crippen LogP contribution in [0.4, 0.5) is 0 Å². The van der Waals surface area contributed by atoms with E-state index in [4.69, 9.17) is 0 Å². The van der Waals surface area contributed by atoms with E-state index < -0.39 is 17.4 Å². The number of carboxylic acid groups (broad SMARTS) is 1. The second-order valence-corrected chi connectivity index (χ2v) is 6.98. The van der Waals surface area contributed by atoms with Crippen LogP contribution in [0.1, 0.15) is 30.9 Å². The van der Waals surface area contributed by atoms with Gasteiger partial charge in [-0.15, -0.1) is 0 Å². The predicted octanol–water partition coefficient (Wildman–Crippen LogP) is 1.42. The first kappa shape index (κ1) is 16.5. The average molecular weight is 330 g/mol. The summed E-state index contributed by atoms with van der Waals surface area (Å²) in [5.74, 6) is -1.69. The van der Waals surface area contributed by atoms with E-state index >= 15 is 0 Å². The zero-order valence-electron chi connectivity index (χ0n) is 14.0. The lowest BCUT2D eigenvalue weighted by atomic mass is 9.85. The van der Waals surface area contributed by atoms with E-state index in [9.17, 15) is 19.5 Å². The molecule has 2 aliphatic heterocycles. The molecule has 1 N–H and O–H groups in total. The molecule has 0 radical (unpaired) electrons. The normalized spacial score (nSPS) is 26.4. The summed E-state index contributed by atoms with van der Waals surface area (Å²) < 4.78 is 0. The van der Waals surface area contributed by atoms with E-state index in [1.807, 2.05) is 31.2 Å². The number of amides is 2. The lowest BCUT2D eigenvalue weighted by Gasteiger charge is -2.48. The maximum absolute atomic E-state index is 12.6. The van der Waals surface area contributed by atoms with Gasteiger partial charge in [0.25, 0.3) is 0 Å². The highest BCUT2D eigenvalue weighted by atomic mass is 16.4. The van der Waals surface area contributed by atoms with Gasteiger partial charge in [-0.25, -0.2) is 4.79 Å². The number of hydrogen-bond acceptors (Lipinski definition) is 3. The fourth-order valence-corrected chi connectivity index (χ4v) is 3.36. The highest BCUT2D eigenvalue weighted by Crippen LogP contribution is 2.34. The van der Waals surface area contributed by atoms with Gasteiger partial charge in [0, 0.05) is 26.1 Å². The van der Waals surface area contributed by atoms with Gasteiger partial charge in [-0.05, 0) is 25.8 Å². The molecule has 1 aromatic rings. The number of aliphatic carboxylic acids is 1. The van der Waals surface area contributed by atoms with Crippen molar-refractivity contribution in [2.75, 3.05) is 13.1 Å². The van der Waals surface area contributed by atoms with Crippen LogP contribution < -0.4 is 0 Å². The molecule has 2 aliphatic rings. The Labute approximate surface area is 141 Å². The Balaban J connectivity index is 1.65. The molecule has 1 aromatic carbocycles. The molecule has 0 bridgehead atoms. The predicted molar refractivity (Wildman–Crippen MR) is 87.1 cm³/mol. The Kier molecular flexibility index (Phi) is 4.07. The summed E-state index contributed by atoms with van der Waals surface area (Å²) in [5.41, 5.74) is 1.07. The first-order valence-corrected chi connectivity index (χ1v) is 8.19. The number of carboxylic acids is 1. The molecule has 0 aromatic heterocycles. The molecule has 2 atom stereocenters. The molecular formula is C18H22N2O4. The fraction of sp³-hybridized carbons (Fsp3) is 0.500. The van der Waals surface area contributed by atoms with Crippen molar-refractivity contribution in [1.29, 1.82) is 0 Å². The zero-order chi connectivity index (χ0) is 17.5. The van der Waals surface area contributed by atoms with Gasteiger partial charge in [0.05, 0.1) is 5.92 Å². The second kappa shape index (κ2) is 5.92. The summed E-state index contributed by atoms with van der Waals surface area (Å²) in [6.45, 7) is 4.87. The summed E-state index contributed by atoms with van der Waals surface area (Å²) in [6.07, 6.45) is 0.624. The molecule has 2 amide bonds. The van der Waals surface area contributed by atoms with Crippen molar-refractivity contribution >= 4 is 17.8 Å². The zero-order valence-corrected chi connectivity index (χ0v) is 14.0. The lowest BCUT2D eigenvalue weighted by Crippen LogP contribution is -2.65. The third-order valence-corrected chi connectivity index (χ3v) is 5.20. The summed E-state index contributed by atoms with van der Waals surface area (Å²) in [6, 6.07) is 7.96. The summed E-state index contributed by atoms with van der Waals surface area (Å²) in [7, 11) is 0. The van der Waals surface area contributed by atoms with Crippen LogP contribution in [-0.4, -0.2) is 51.3 Å². The van der Waals surface area contributed by atoms with Gasteiger partial charge in [0.2, 0.25) is 11.8 Å². The molecule has 2 fully saturated rings. The van der Waals surface area contributed by atoms with E-state index in [1.165, 1.54) is 4.90 Å². The van der Waals surface area contributed by atoms with Gasteiger partial charge in [-0.2, -0.15) is 0 Å². The Bertz CT molecular complexity index is 685. The number of rotatable bonds is 4. The SMILES string of the molecule is Cc1ccc(CN2CC(C(=O)N3CCC3(C)C(=O)O)CC2=O)cc1. The van der Waals surface area contributed by atoms with Crippen LogP contribution in [0.25, 0.3) is 0 Å². The van der Waals surface area contributed by atoms with Crippen molar-refractivity contribution < 1.29 is 19.5 Å². The first-order chi connectivity index (χ1) is 11.3. The number of benzene rings is 1. The lowest BCUT2D eigenvalue weighted by molar-refractivity contribution is -0.170. The third kappa shape index (κ3) is 2.77. The number of nitrogens with zero attached hydrogens (tertiary/aromatic N) is 2. The number of carbonyl (C=O) groups excluding carboxylic acids is 2. The number of likely N-dealkylation sites (tertiary alicyclic amines) is 2. The average Bonchev–Trinajstić information content (AvgIpc) is 2.88. The van der Waals surface area contributed by atoms with Crippen LogP contribution in [0, 0.1) is 12.8 Å². The highest BCUT2D eigenvalue weighted by Gasteiger charge is 2.52. The number of hydrogen-bond donors (Lipinski definition) is 1. The van der Waals surface area contributed by atoms with E-state index in [1.54, 1.807) is 11.8 Å². The highest BCUT2D eigenvalue weighted by molar-refractivity contribution is 5.93. The number of carbonyl (C=O) groups is 3. The molecular weight excluding hydrogens is 308 g/mol. The molecule has 3 rings (SSSR count). The molecule has 128 valence electrons. The van der Waals surface area contributed by atoms with Crippen LogP contribution in [-0.2, 0) is 20.9 Å². The van der Waals surface area contributed by atoms with Crippen LogP contribution in [0.15, 0.2) is 24.3 Å². The van der Waals surface area contributed by atoms with Crippen molar-refractivity contribution in [2.24, 2.45) is 5.92 Å². The molecule has 2 unspecified atom stereocenters. The molecule has 24 heavy (non-hydrogen) atoms. The monoisotopic (exact) mass is 330 g/mol. The quantitative estimate of drug-likeness (QED) is 0.906. The third-order valence-electron chi connectivity index (χ3n) is 5.20. The summed E-state index contributed by atoms with van der Waals surface area (Å²) in [4.78, 5) is 39.3. The Morgan fingerprint density at radius 3 is 2.50 bits per heavy atom. The van der Waals surface area contributed by atoms with Crippen LogP contribution in [0.3, 0.4) is 0 Å². The van der Waals surface area contributed by atoms with Crippen molar-refractivity contribution in [3.05, 3.63) is 35.4 Å². The first-order valence-electron chi connectivity index (χ1n) is 8.19. The molecule has 2 saturated heterocycles. The van der Waals surface area contributed by atoms with Crippen LogP contribution >= 0.6 is 0 Å². The minimum atomic E-state index is -1.12. The number of aryl methyl sites for hydroxylation is 1. The fourth-order valence-electron chi connectivity index (χ4n) is 3.36.